The Morgan fingerprint density at radius 1 is 1.14 bits per heavy atom. The van der Waals surface area contributed by atoms with E-state index in [1.165, 1.54) is 4.31 Å². The fourth-order valence-corrected chi connectivity index (χ4v) is 5.00. The molecule has 1 aliphatic rings. The third-order valence-corrected chi connectivity index (χ3v) is 6.68. The lowest BCUT2D eigenvalue weighted by Gasteiger charge is -2.29. The second kappa shape index (κ2) is 8.43. The molecule has 6 nitrogen and oxygen atoms in total. The molecule has 28 heavy (non-hydrogen) atoms. The summed E-state index contributed by atoms with van der Waals surface area (Å²) in [6, 6.07) is 15.0. The van der Waals surface area contributed by atoms with Gasteiger partial charge in [0.05, 0.1) is 24.0 Å². The third kappa shape index (κ3) is 4.43. The van der Waals surface area contributed by atoms with Gasteiger partial charge in [0.2, 0.25) is 10.0 Å². The minimum Gasteiger partial charge on any atom is -0.426 e. The summed E-state index contributed by atoms with van der Waals surface area (Å²) >= 11 is 0. The molecule has 1 heterocycles. The van der Waals surface area contributed by atoms with Crippen molar-refractivity contribution in [2.75, 3.05) is 6.61 Å². The predicted molar refractivity (Wildman–Crippen MR) is 105 cm³/mol. The molecule has 0 aromatic heterocycles. The lowest BCUT2D eigenvalue weighted by Crippen LogP contribution is -2.45. The van der Waals surface area contributed by atoms with Gasteiger partial charge in [-0.25, -0.2) is 8.42 Å². The van der Waals surface area contributed by atoms with Crippen LogP contribution in [0.15, 0.2) is 59.5 Å². The highest BCUT2D eigenvalue weighted by atomic mass is 32.2. The summed E-state index contributed by atoms with van der Waals surface area (Å²) in [5, 5.41) is 0. The van der Waals surface area contributed by atoms with E-state index < -0.39 is 22.2 Å². The number of hydrogen-bond donors (Lipinski definition) is 0. The van der Waals surface area contributed by atoms with E-state index in [4.69, 9.17) is 9.47 Å². The van der Waals surface area contributed by atoms with E-state index in [0.29, 0.717) is 5.75 Å². The van der Waals surface area contributed by atoms with Crippen LogP contribution in [0.2, 0.25) is 0 Å². The first kappa shape index (κ1) is 20.5. The normalized spacial score (nSPS) is 20.4. The van der Waals surface area contributed by atoms with Gasteiger partial charge in [0, 0.05) is 0 Å². The molecule has 1 saturated heterocycles. The van der Waals surface area contributed by atoms with Gasteiger partial charge >= 0.3 is 5.97 Å². The van der Waals surface area contributed by atoms with Crippen LogP contribution in [0, 0.1) is 12.8 Å². The Kier molecular flexibility index (Phi) is 6.17. The molecule has 7 heteroatoms. The molecular weight excluding hydrogens is 378 g/mol. The number of rotatable bonds is 6. The smallest absolute Gasteiger partial charge is 0.315 e. The van der Waals surface area contributed by atoms with Crippen LogP contribution in [0.5, 0.6) is 5.75 Å². The zero-order valence-electron chi connectivity index (χ0n) is 16.2. The van der Waals surface area contributed by atoms with E-state index in [2.05, 4.69) is 0 Å². The molecule has 2 atom stereocenters. The van der Waals surface area contributed by atoms with Crippen LogP contribution in [0.3, 0.4) is 0 Å². The van der Waals surface area contributed by atoms with Gasteiger partial charge in [-0.2, -0.15) is 4.31 Å². The van der Waals surface area contributed by atoms with Gasteiger partial charge in [0.15, 0.2) is 0 Å². The Bertz CT molecular complexity index is 910. The van der Waals surface area contributed by atoms with Crippen LogP contribution in [0.4, 0.5) is 0 Å². The number of ether oxygens (including phenoxy) is 2. The first-order valence-corrected chi connectivity index (χ1v) is 10.7. The predicted octanol–water partition coefficient (Wildman–Crippen LogP) is 3.36. The van der Waals surface area contributed by atoms with Crippen LogP contribution >= 0.6 is 0 Å². The highest BCUT2D eigenvalue weighted by molar-refractivity contribution is 7.89. The maximum Gasteiger partial charge on any atom is 0.315 e. The highest BCUT2D eigenvalue weighted by Crippen LogP contribution is 2.32. The summed E-state index contributed by atoms with van der Waals surface area (Å²) in [5.74, 6) is -0.0843. The second-order valence-corrected chi connectivity index (χ2v) is 9.08. The van der Waals surface area contributed by atoms with Gasteiger partial charge < -0.3 is 9.47 Å². The molecule has 150 valence electrons. The second-order valence-electron chi connectivity index (χ2n) is 7.24. The average molecular weight is 404 g/mol. The zero-order valence-corrected chi connectivity index (χ0v) is 17.1. The Morgan fingerprint density at radius 3 is 2.39 bits per heavy atom. The number of para-hydroxylation sites is 1. The number of benzene rings is 2. The topological polar surface area (TPSA) is 72.9 Å². The quantitative estimate of drug-likeness (QED) is 0.546. The van der Waals surface area contributed by atoms with Crippen LogP contribution in [0.25, 0.3) is 0 Å². The minimum absolute atomic E-state index is 0.0374. The van der Waals surface area contributed by atoms with Crippen molar-refractivity contribution in [3.05, 3.63) is 60.2 Å². The van der Waals surface area contributed by atoms with Gasteiger partial charge in [-0.1, -0.05) is 49.7 Å². The Labute approximate surface area is 166 Å². The molecule has 0 N–H and O–H groups in total. The number of aryl methyl sites for hydroxylation is 1. The van der Waals surface area contributed by atoms with Gasteiger partial charge in [-0.05, 0) is 37.1 Å². The van der Waals surface area contributed by atoms with Crippen LogP contribution in [-0.2, 0) is 19.6 Å². The van der Waals surface area contributed by atoms with Crippen molar-refractivity contribution in [1.29, 1.82) is 0 Å². The molecule has 0 aliphatic carbocycles. The Hall–Kier alpha value is -2.22. The molecule has 0 saturated carbocycles. The van der Waals surface area contributed by atoms with E-state index >= 15 is 0 Å². The molecule has 0 radical (unpaired) electrons. The van der Waals surface area contributed by atoms with Crippen LogP contribution in [0.1, 0.15) is 25.8 Å². The SMILES string of the molecule is Cc1ccc(S(=O)(=O)N2[C@H](CC(=O)Oc3ccccc3)OC[C@@H]2C(C)C)cc1. The number of carbonyl (C=O) groups excluding carboxylic acids is 1. The van der Waals surface area contributed by atoms with Crippen molar-refractivity contribution in [2.24, 2.45) is 5.92 Å². The first-order chi connectivity index (χ1) is 13.3. The van der Waals surface area contributed by atoms with Crippen LogP contribution < -0.4 is 4.74 Å². The van der Waals surface area contributed by atoms with Crippen molar-refractivity contribution in [2.45, 2.75) is 44.4 Å². The van der Waals surface area contributed by atoms with E-state index in [9.17, 15) is 13.2 Å². The summed E-state index contributed by atoms with van der Waals surface area (Å²) in [4.78, 5) is 12.6. The maximum absolute atomic E-state index is 13.3. The number of carbonyl (C=O) groups is 1. The number of sulfonamides is 1. The van der Waals surface area contributed by atoms with Crippen molar-refractivity contribution in [1.82, 2.24) is 4.31 Å². The molecular formula is C21H25NO5S. The van der Waals surface area contributed by atoms with Crippen LogP contribution in [-0.4, -0.2) is 37.6 Å². The monoisotopic (exact) mass is 403 g/mol. The fraction of sp³-hybridized carbons (Fsp3) is 0.381. The standard InChI is InChI=1S/C21H25NO5S/c1-15(2)19-14-26-20(13-21(23)27-17-7-5-4-6-8-17)22(19)28(24,25)18-11-9-16(3)10-12-18/h4-12,15,19-20H,13-14H2,1-3H3/t19-,20+/m1/s1. The van der Waals surface area contributed by atoms with E-state index in [-0.39, 0.29) is 29.9 Å². The maximum atomic E-state index is 13.3. The highest BCUT2D eigenvalue weighted by Gasteiger charge is 2.45. The summed E-state index contributed by atoms with van der Waals surface area (Å²) in [6.07, 6.45) is -1.07. The van der Waals surface area contributed by atoms with Gasteiger partial charge in [0.25, 0.3) is 0 Å². The van der Waals surface area contributed by atoms with Crippen molar-refractivity contribution in [3.8, 4) is 5.75 Å². The Balaban J connectivity index is 1.83. The molecule has 0 amide bonds. The van der Waals surface area contributed by atoms with E-state index in [1.807, 2.05) is 26.8 Å². The number of esters is 1. The molecule has 0 spiro atoms. The van der Waals surface area contributed by atoms with Gasteiger partial charge in [-0.3, -0.25) is 4.79 Å². The minimum atomic E-state index is -3.82. The van der Waals surface area contributed by atoms with Crippen molar-refractivity contribution >= 4 is 16.0 Å². The molecule has 2 aromatic rings. The zero-order chi connectivity index (χ0) is 20.3. The molecule has 2 aromatic carbocycles. The van der Waals surface area contributed by atoms with Crippen molar-refractivity contribution in [3.63, 3.8) is 0 Å². The Morgan fingerprint density at radius 2 is 1.79 bits per heavy atom. The van der Waals surface area contributed by atoms with Gasteiger partial charge in [0.1, 0.15) is 12.0 Å². The van der Waals surface area contributed by atoms with Gasteiger partial charge in [-0.15, -0.1) is 0 Å². The molecule has 0 bridgehead atoms. The largest absolute Gasteiger partial charge is 0.426 e. The first-order valence-electron chi connectivity index (χ1n) is 9.26. The lowest BCUT2D eigenvalue weighted by molar-refractivity contribution is -0.137. The summed E-state index contributed by atoms with van der Waals surface area (Å²) in [5.41, 5.74) is 0.972. The summed E-state index contributed by atoms with van der Waals surface area (Å²) in [6.45, 7) is 6.02. The molecule has 1 fully saturated rings. The number of hydrogen-bond acceptors (Lipinski definition) is 5. The third-order valence-electron chi connectivity index (χ3n) is 4.75. The average Bonchev–Trinajstić information content (AvgIpc) is 3.07. The lowest BCUT2D eigenvalue weighted by atomic mass is 10.1. The molecule has 1 aliphatic heterocycles. The fourth-order valence-electron chi connectivity index (χ4n) is 3.17. The van der Waals surface area contributed by atoms with Crippen molar-refractivity contribution < 1.29 is 22.7 Å². The van der Waals surface area contributed by atoms with E-state index in [0.717, 1.165) is 5.56 Å². The van der Waals surface area contributed by atoms with E-state index in [1.54, 1.807) is 48.5 Å². The summed E-state index contributed by atoms with van der Waals surface area (Å²) in [7, 11) is -3.82. The molecule has 3 rings (SSSR count). The molecule has 0 unspecified atom stereocenters. The number of nitrogens with zero attached hydrogens (tertiary/aromatic N) is 1. The summed E-state index contributed by atoms with van der Waals surface area (Å²) < 4.78 is 39.0.